The van der Waals surface area contributed by atoms with Crippen LogP contribution >= 0.6 is 0 Å². The van der Waals surface area contributed by atoms with Crippen LogP contribution in [0.15, 0.2) is 43.0 Å². The number of rotatable bonds is 2. The van der Waals surface area contributed by atoms with Crippen molar-refractivity contribution in [3.05, 3.63) is 54.7 Å². The fourth-order valence-electron chi connectivity index (χ4n) is 1.45. The minimum atomic E-state index is 0.892. The Morgan fingerprint density at radius 2 is 2.31 bits per heavy atom. The molecule has 0 fully saturated rings. The number of aromatic nitrogens is 1. The third kappa shape index (κ3) is 1.45. The standard InChI is InChI=1S/C12H10N/c1-2-5-10-6-3-8-12-11(10)7-4-9-13-12/h2-4,6-8H,1,5H2. The smallest absolute Gasteiger partial charge is 0.0894 e. The topological polar surface area (TPSA) is 12.9 Å². The second-order valence-electron chi connectivity index (χ2n) is 2.92. The number of hydrogen-bond donors (Lipinski definition) is 0. The molecule has 0 atom stereocenters. The van der Waals surface area contributed by atoms with E-state index in [2.05, 4.69) is 23.8 Å². The van der Waals surface area contributed by atoms with Gasteiger partial charge < -0.3 is 0 Å². The minimum absolute atomic E-state index is 0.892. The third-order valence-electron chi connectivity index (χ3n) is 2.05. The molecule has 1 heteroatoms. The maximum absolute atomic E-state index is 4.16. The number of pyridine rings is 1. The maximum atomic E-state index is 4.16. The average molecular weight is 168 g/mol. The van der Waals surface area contributed by atoms with Crippen molar-refractivity contribution in [3.63, 3.8) is 0 Å². The van der Waals surface area contributed by atoms with Crippen molar-refractivity contribution >= 4 is 10.9 Å². The number of benzene rings is 1. The molecule has 0 aliphatic rings. The lowest BCUT2D eigenvalue weighted by Crippen LogP contribution is -1.85. The summed E-state index contributed by atoms with van der Waals surface area (Å²) in [6, 6.07) is 10.0. The molecule has 0 spiro atoms. The minimum Gasteiger partial charge on any atom is -0.246 e. The molecule has 1 radical (unpaired) electrons. The van der Waals surface area contributed by atoms with Gasteiger partial charge in [-0.15, -0.1) is 6.58 Å². The molecule has 63 valence electrons. The highest BCUT2D eigenvalue weighted by Gasteiger charge is 1.97. The molecule has 0 N–H and O–H groups in total. The van der Waals surface area contributed by atoms with Crippen LogP contribution in [0.1, 0.15) is 5.56 Å². The Bertz CT molecular complexity index is 427. The molecule has 0 saturated heterocycles. The van der Waals surface area contributed by atoms with E-state index >= 15 is 0 Å². The first-order valence-corrected chi connectivity index (χ1v) is 4.27. The van der Waals surface area contributed by atoms with Gasteiger partial charge in [-0.3, -0.25) is 0 Å². The van der Waals surface area contributed by atoms with E-state index in [0.29, 0.717) is 0 Å². The Labute approximate surface area is 77.7 Å². The summed E-state index contributed by atoms with van der Waals surface area (Å²) in [5, 5.41) is 1.20. The Balaban J connectivity index is 2.68. The summed E-state index contributed by atoms with van der Waals surface area (Å²) in [5.74, 6) is 0. The summed E-state index contributed by atoms with van der Waals surface area (Å²) in [6.07, 6.45) is 5.63. The quantitative estimate of drug-likeness (QED) is 0.628. The monoisotopic (exact) mass is 168 g/mol. The van der Waals surface area contributed by atoms with Crippen LogP contribution in [0.25, 0.3) is 10.9 Å². The van der Waals surface area contributed by atoms with Crippen molar-refractivity contribution in [1.29, 1.82) is 0 Å². The Kier molecular flexibility index (Phi) is 2.09. The number of hydrogen-bond acceptors (Lipinski definition) is 1. The molecular weight excluding hydrogens is 158 g/mol. The van der Waals surface area contributed by atoms with Gasteiger partial charge in [0.05, 0.1) is 11.7 Å². The SMILES string of the molecule is C=CCc1cccc2n[c]ccc12. The van der Waals surface area contributed by atoms with Gasteiger partial charge in [-0.05, 0) is 24.1 Å². The Hall–Kier alpha value is -1.63. The Morgan fingerprint density at radius 3 is 3.15 bits per heavy atom. The summed E-state index contributed by atoms with van der Waals surface area (Å²) in [4.78, 5) is 4.16. The fourth-order valence-corrected chi connectivity index (χ4v) is 1.45. The summed E-state index contributed by atoms with van der Waals surface area (Å²) in [6.45, 7) is 3.73. The van der Waals surface area contributed by atoms with Gasteiger partial charge in [0.15, 0.2) is 0 Å². The van der Waals surface area contributed by atoms with Crippen molar-refractivity contribution in [2.24, 2.45) is 0 Å². The van der Waals surface area contributed by atoms with Gasteiger partial charge in [-0.2, -0.15) is 0 Å². The van der Waals surface area contributed by atoms with Gasteiger partial charge in [-0.1, -0.05) is 24.3 Å². The van der Waals surface area contributed by atoms with Gasteiger partial charge in [0.1, 0.15) is 0 Å². The molecule has 0 aliphatic heterocycles. The van der Waals surface area contributed by atoms with E-state index in [1.807, 2.05) is 30.3 Å². The number of fused-ring (bicyclic) bond motifs is 1. The first-order valence-electron chi connectivity index (χ1n) is 4.27. The summed E-state index contributed by atoms with van der Waals surface area (Å²) in [5.41, 5.74) is 2.27. The normalized spacial score (nSPS) is 10.2. The van der Waals surface area contributed by atoms with E-state index in [-0.39, 0.29) is 0 Å². The van der Waals surface area contributed by atoms with Gasteiger partial charge in [0, 0.05) is 5.39 Å². The molecule has 0 aliphatic carbocycles. The molecule has 2 aromatic rings. The van der Waals surface area contributed by atoms with Crippen molar-refractivity contribution in [2.45, 2.75) is 6.42 Å². The van der Waals surface area contributed by atoms with E-state index in [9.17, 15) is 0 Å². The molecule has 1 aromatic heterocycles. The van der Waals surface area contributed by atoms with Gasteiger partial charge in [-0.25, -0.2) is 4.98 Å². The summed E-state index contributed by atoms with van der Waals surface area (Å²) in [7, 11) is 0. The molecule has 13 heavy (non-hydrogen) atoms. The zero-order valence-corrected chi connectivity index (χ0v) is 7.33. The number of nitrogens with zero attached hydrogens (tertiary/aromatic N) is 1. The highest BCUT2D eigenvalue weighted by atomic mass is 14.6. The summed E-state index contributed by atoms with van der Waals surface area (Å²) >= 11 is 0. The second kappa shape index (κ2) is 3.40. The zero-order valence-electron chi connectivity index (χ0n) is 7.33. The van der Waals surface area contributed by atoms with E-state index in [1.165, 1.54) is 10.9 Å². The molecule has 0 unspecified atom stereocenters. The predicted octanol–water partition coefficient (Wildman–Crippen LogP) is 2.76. The molecule has 0 saturated carbocycles. The highest BCUT2D eigenvalue weighted by molar-refractivity contribution is 5.81. The summed E-state index contributed by atoms with van der Waals surface area (Å²) < 4.78 is 0. The molecule has 0 bridgehead atoms. The first kappa shape index (κ1) is 7.99. The van der Waals surface area contributed by atoms with E-state index in [0.717, 1.165) is 11.9 Å². The number of allylic oxidation sites excluding steroid dienone is 1. The maximum Gasteiger partial charge on any atom is 0.0894 e. The van der Waals surface area contributed by atoms with Crippen LogP contribution in [-0.4, -0.2) is 4.98 Å². The van der Waals surface area contributed by atoms with Crippen molar-refractivity contribution < 1.29 is 0 Å². The predicted molar refractivity (Wildman–Crippen MR) is 54.5 cm³/mol. The van der Waals surface area contributed by atoms with Crippen LogP contribution in [-0.2, 0) is 6.42 Å². The van der Waals surface area contributed by atoms with Crippen LogP contribution in [0, 0.1) is 6.20 Å². The van der Waals surface area contributed by atoms with Crippen LogP contribution in [0.2, 0.25) is 0 Å². The van der Waals surface area contributed by atoms with Gasteiger partial charge in [0.25, 0.3) is 0 Å². The lowest BCUT2D eigenvalue weighted by molar-refractivity contribution is 1.29. The van der Waals surface area contributed by atoms with E-state index in [1.54, 1.807) is 0 Å². The van der Waals surface area contributed by atoms with E-state index < -0.39 is 0 Å². The molecule has 1 nitrogen and oxygen atoms in total. The molecule has 1 aromatic carbocycles. The molecular formula is C12H10N. The van der Waals surface area contributed by atoms with Crippen molar-refractivity contribution in [1.82, 2.24) is 4.98 Å². The van der Waals surface area contributed by atoms with E-state index in [4.69, 9.17) is 0 Å². The van der Waals surface area contributed by atoms with Crippen LogP contribution in [0.5, 0.6) is 0 Å². The van der Waals surface area contributed by atoms with Gasteiger partial charge in [0.2, 0.25) is 0 Å². The van der Waals surface area contributed by atoms with Crippen LogP contribution < -0.4 is 0 Å². The molecule has 2 rings (SSSR count). The molecule has 1 heterocycles. The van der Waals surface area contributed by atoms with Crippen LogP contribution in [0.3, 0.4) is 0 Å². The molecule has 0 amide bonds. The highest BCUT2D eigenvalue weighted by Crippen LogP contribution is 2.16. The first-order chi connectivity index (χ1) is 6.42. The van der Waals surface area contributed by atoms with Gasteiger partial charge >= 0.3 is 0 Å². The van der Waals surface area contributed by atoms with Crippen molar-refractivity contribution in [2.75, 3.05) is 0 Å². The zero-order chi connectivity index (χ0) is 9.10. The largest absolute Gasteiger partial charge is 0.246 e. The average Bonchev–Trinajstić information content (AvgIpc) is 2.19. The third-order valence-corrected chi connectivity index (χ3v) is 2.05. The van der Waals surface area contributed by atoms with Crippen molar-refractivity contribution in [3.8, 4) is 0 Å². The lowest BCUT2D eigenvalue weighted by Gasteiger charge is -2.01. The lowest BCUT2D eigenvalue weighted by atomic mass is 10.1. The second-order valence-corrected chi connectivity index (χ2v) is 2.92. The fraction of sp³-hybridized carbons (Fsp3) is 0.0833. The Morgan fingerprint density at radius 1 is 1.38 bits per heavy atom. The van der Waals surface area contributed by atoms with Crippen LogP contribution in [0.4, 0.5) is 0 Å².